The molecule has 2 heterocycles. The van der Waals surface area contributed by atoms with E-state index in [1.54, 1.807) is 7.05 Å². The zero-order chi connectivity index (χ0) is 17.6. The third-order valence-corrected chi connectivity index (χ3v) is 4.06. The SMILES string of the molecule is CN=C(NCCCn1nc(C)cc1C)NCc1ccc2c(c1)OCO2.I. The van der Waals surface area contributed by atoms with E-state index in [4.69, 9.17) is 9.47 Å². The Hall–Kier alpha value is -1.97. The highest BCUT2D eigenvalue weighted by atomic mass is 127. The maximum atomic E-state index is 5.40. The maximum absolute atomic E-state index is 5.40. The number of nitrogens with zero attached hydrogens (tertiary/aromatic N) is 3. The summed E-state index contributed by atoms with van der Waals surface area (Å²) in [5.74, 6) is 2.38. The predicted molar refractivity (Wildman–Crippen MR) is 112 cm³/mol. The molecule has 1 aliphatic heterocycles. The Morgan fingerprint density at radius 2 is 2.00 bits per heavy atom. The largest absolute Gasteiger partial charge is 0.454 e. The van der Waals surface area contributed by atoms with E-state index >= 15 is 0 Å². The number of hydrogen-bond acceptors (Lipinski definition) is 4. The Bertz CT molecular complexity index is 760. The number of nitrogens with one attached hydrogen (secondary N) is 2. The quantitative estimate of drug-likeness (QED) is 0.293. The lowest BCUT2D eigenvalue weighted by Crippen LogP contribution is -2.37. The Morgan fingerprint density at radius 1 is 1.19 bits per heavy atom. The summed E-state index contributed by atoms with van der Waals surface area (Å²) in [4.78, 5) is 4.26. The summed E-state index contributed by atoms with van der Waals surface area (Å²) in [6, 6.07) is 8.05. The van der Waals surface area contributed by atoms with Gasteiger partial charge in [0.2, 0.25) is 6.79 Å². The van der Waals surface area contributed by atoms with E-state index in [-0.39, 0.29) is 24.0 Å². The van der Waals surface area contributed by atoms with Crippen molar-refractivity contribution in [2.75, 3.05) is 20.4 Å². The number of ether oxygens (including phenoxy) is 2. The average molecular weight is 471 g/mol. The number of benzene rings is 1. The highest BCUT2D eigenvalue weighted by Gasteiger charge is 2.13. The lowest BCUT2D eigenvalue weighted by Gasteiger charge is -2.12. The van der Waals surface area contributed by atoms with Crippen LogP contribution in [0.3, 0.4) is 0 Å². The standard InChI is InChI=1S/C18H25N5O2.HI/c1-13-9-14(2)23(22-13)8-4-7-20-18(19-3)21-11-15-5-6-16-17(10-15)25-12-24-16;/h5-6,9-10H,4,7-8,11-12H2,1-3H3,(H2,19,20,21);1H. The van der Waals surface area contributed by atoms with Crippen molar-refractivity contribution in [1.82, 2.24) is 20.4 Å². The van der Waals surface area contributed by atoms with Crippen molar-refractivity contribution < 1.29 is 9.47 Å². The van der Waals surface area contributed by atoms with Crippen molar-refractivity contribution in [2.45, 2.75) is 33.4 Å². The molecule has 0 saturated heterocycles. The molecule has 1 aromatic carbocycles. The molecule has 3 rings (SSSR count). The van der Waals surface area contributed by atoms with Crippen molar-refractivity contribution in [3.63, 3.8) is 0 Å². The molecule has 142 valence electrons. The van der Waals surface area contributed by atoms with Gasteiger partial charge >= 0.3 is 0 Å². The maximum Gasteiger partial charge on any atom is 0.231 e. The molecule has 0 amide bonds. The van der Waals surface area contributed by atoms with Crippen LogP contribution < -0.4 is 20.1 Å². The number of rotatable bonds is 6. The normalized spacial score (nSPS) is 12.7. The van der Waals surface area contributed by atoms with E-state index in [0.717, 1.165) is 48.2 Å². The monoisotopic (exact) mass is 471 g/mol. The van der Waals surface area contributed by atoms with E-state index < -0.39 is 0 Å². The van der Waals surface area contributed by atoms with E-state index in [1.807, 2.05) is 29.8 Å². The third-order valence-electron chi connectivity index (χ3n) is 4.06. The summed E-state index contributed by atoms with van der Waals surface area (Å²) in [5.41, 5.74) is 3.38. The number of aromatic nitrogens is 2. The van der Waals surface area contributed by atoms with Crippen molar-refractivity contribution in [2.24, 2.45) is 4.99 Å². The van der Waals surface area contributed by atoms with E-state index in [9.17, 15) is 0 Å². The molecule has 0 atom stereocenters. The minimum absolute atomic E-state index is 0. The first kappa shape index (κ1) is 20.3. The van der Waals surface area contributed by atoms with Crippen molar-refractivity contribution in [3.05, 3.63) is 41.2 Å². The van der Waals surface area contributed by atoms with Crippen LogP contribution in [0.15, 0.2) is 29.3 Å². The molecule has 8 heteroatoms. The molecule has 0 bridgehead atoms. The minimum Gasteiger partial charge on any atom is -0.454 e. The Balaban J connectivity index is 0.00000243. The molecule has 7 nitrogen and oxygen atoms in total. The first-order valence-corrected chi connectivity index (χ1v) is 8.50. The first-order chi connectivity index (χ1) is 12.2. The predicted octanol–water partition coefficient (Wildman–Crippen LogP) is 2.60. The lowest BCUT2D eigenvalue weighted by atomic mass is 10.2. The Morgan fingerprint density at radius 3 is 2.73 bits per heavy atom. The topological polar surface area (TPSA) is 72.7 Å². The third kappa shape index (κ3) is 5.26. The second kappa shape index (κ2) is 9.65. The fourth-order valence-electron chi connectivity index (χ4n) is 2.79. The van der Waals surface area contributed by atoms with Gasteiger partial charge < -0.3 is 20.1 Å². The summed E-state index contributed by atoms with van der Waals surface area (Å²) in [6.45, 7) is 6.80. The molecule has 0 radical (unpaired) electrons. The van der Waals surface area contributed by atoms with E-state index in [1.165, 1.54) is 5.69 Å². The van der Waals surface area contributed by atoms with Crippen molar-refractivity contribution in [3.8, 4) is 11.5 Å². The van der Waals surface area contributed by atoms with Gasteiger partial charge in [-0.3, -0.25) is 9.67 Å². The van der Waals surface area contributed by atoms with Gasteiger partial charge in [0, 0.05) is 32.4 Å². The van der Waals surface area contributed by atoms with Crippen LogP contribution in [0.5, 0.6) is 11.5 Å². The molecule has 0 fully saturated rings. The van der Waals surface area contributed by atoms with Gasteiger partial charge in [0.05, 0.1) is 5.69 Å². The average Bonchev–Trinajstić information content (AvgIpc) is 3.19. The molecular weight excluding hydrogens is 445 g/mol. The van der Waals surface area contributed by atoms with Crippen molar-refractivity contribution >= 4 is 29.9 Å². The summed E-state index contributed by atoms with van der Waals surface area (Å²) >= 11 is 0. The summed E-state index contributed by atoms with van der Waals surface area (Å²) in [5, 5.41) is 11.1. The molecule has 1 aliphatic rings. The van der Waals surface area contributed by atoms with Crippen LogP contribution in [0.4, 0.5) is 0 Å². The molecule has 0 saturated carbocycles. The van der Waals surface area contributed by atoms with E-state index in [0.29, 0.717) is 13.3 Å². The zero-order valence-corrected chi connectivity index (χ0v) is 17.7. The van der Waals surface area contributed by atoms with Crippen LogP contribution in [0.1, 0.15) is 23.4 Å². The number of aliphatic imine (C=N–C) groups is 1. The highest BCUT2D eigenvalue weighted by Crippen LogP contribution is 2.32. The highest BCUT2D eigenvalue weighted by molar-refractivity contribution is 14.0. The second-order valence-electron chi connectivity index (χ2n) is 6.04. The van der Waals surface area contributed by atoms with Crippen LogP contribution in [0.2, 0.25) is 0 Å². The van der Waals surface area contributed by atoms with Crippen LogP contribution >= 0.6 is 24.0 Å². The number of halogens is 1. The number of hydrogen-bond donors (Lipinski definition) is 2. The van der Waals surface area contributed by atoms with Crippen LogP contribution in [-0.2, 0) is 13.1 Å². The molecule has 26 heavy (non-hydrogen) atoms. The Labute approximate surface area is 171 Å². The van der Waals surface area contributed by atoms with Gasteiger partial charge in [-0.1, -0.05) is 6.07 Å². The summed E-state index contributed by atoms with van der Waals surface area (Å²) < 4.78 is 12.8. The second-order valence-corrected chi connectivity index (χ2v) is 6.04. The molecule has 2 N–H and O–H groups in total. The number of fused-ring (bicyclic) bond motifs is 1. The summed E-state index contributed by atoms with van der Waals surface area (Å²) in [6.07, 6.45) is 0.979. The van der Waals surface area contributed by atoms with Crippen LogP contribution in [0, 0.1) is 13.8 Å². The fourth-order valence-corrected chi connectivity index (χ4v) is 2.79. The lowest BCUT2D eigenvalue weighted by molar-refractivity contribution is 0.174. The van der Waals surface area contributed by atoms with Gasteiger partial charge in [-0.15, -0.1) is 24.0 Å². The van der Waals surface area contributed by atoms with Crippen LogP contribution in [0.25, 0.3) is 0 Å². The minimum atomic E-state index is 0. The van der Waals surface area contributed by atoms with Gasteiger partial charge in [-0.25, -0.2) is 0 Å². The van der Waals surface area contributed by atoms with Gasteiger partial charge in [0.15, 0.2) is 17.5 Å². The smallest absolute Gasteiger partial charge is 0.231 e. The fraction of sp³-hybridized carbons (Fsp3) is 0.444. The van der Waals surface area contributed by atoms with Crippen LogP contribution in [-0.4, -0.2) is 36.1 Å². The molecular formula is C18H26IN5O2. The zero-order valence-electron chi connectivity index (χ0n) is 15.4. The van der Waals surface area contributed by atoms with Gasteiger partial charge in [0.25, 0.3) is 0 Å². The molecule has 0 aliphatic carbocycles. The van der Waals surface area contributed by atoms with E-state index in [2.05, 4.69) is 33.7 Å². The molecule has 1 aromatic heterocycles. The molecule has 0 unspecified atom stereocenters. The summed E-state index contributed by atoms with van der Waals surface area (Å²) in [7, 11) is 1.77. The first-order valence-electron chi connectivity index (χ1n) is 8.50. The number of aryl methyl sites for hydroxylation is 3. The van der Waals surface area contributed by atoms with Gasteiger partial charge in [0.1, 0.15) is 0 Å². The van der Waals surface area contributed by atoms with Gasteiger partial charge in [-0.05, 0) is 44.0 Å². The Kier molecular flexibility index (Phi) is 7.55. The molecule has 0 spiro atoms. The van der Waals surface area contributed by atoms with Gasteiger partial charge in [-0.2, -0.15) is 5.10 Å². The molecule has 2 aromatic rings. The number of guanidine groups is 1. The van der Waals surface area contributed by atoms with Crippen molar-refractivity contribution in [1.29, 1.82) is 0 Å².